The predicted octanol–water partition coefficient (Wildman–Crippen LogP) is 4.60. The standard InChI is InChI=1S/C22H18ClF2N3O3/c1-29-17-8-14(10-27-11-17)13-3-2-4-15(7-13)22(12-30-21(26)28-22)16-5-6-19(18(23)9-16)31-20(24)25/h2-11,20H,12H2,1H3,(H2,26,28). The molecule has 160 valence electrons. The molecule has 1 unspecified atom stereocenters. The first-order chi connectivity index (χ1) is 14.9. The summed E-state index contributed by atoms with van der Waals surface area (Å²) in [6, 6.07) is 14.1. The van der Waals surface area contributed by atoms with Crippen molar-refractivity contribution >= 4 is 17.6 Å². The molecule has 1 aromatic heterocycles. The first-order valence-corrected chi connectivity index (χ1v) is 9.62. The summed E-state index contributed by atoms with van der Waals surface area (Å²) in [6.45, 7) is -2.85. The summed E-state index contributed by atoms with van der Waals surface area (Å²) >= 11 is 6.20. The van der Waals surface area contributed by atoms with Crippen LogP contribution in [0.4, 0.5) is 8.78 Å². The maximum atomic E-state index is 12.6. The van der Waals surface area contributed by atoms with E-state index in [0.29, 0.717) is 11.3 Å². The van der Waals surface area contributed by atoms with E-state index in [0.717, 1.165) is 16.7 Å². The molecule has 2 aromatic carbocycles. The van der Waals surface area contributed by atoms with Crippen LogP contribution in [0.3, 0.4) is 0 Å². The Labute approximate surface area is 182 Å². The maximum absolute atomic E-state index is 12.6. The van der Waals surface area contributed by atoms with E-state index in [9.17, 15) is 8.78 Å². The molecular weight excluding hydrogens is 428 g/mol. The molecule has 0 spiro atoms. The molecule has 0 saturated carbocycles. The molecule has 1 aliphatic rings. The minimum Gasteiger partial charge on any atom is -0.495 e. The average Bonchev–Trinajstić information content (AvgIpc) is 3.18. The molecule has 6 nitrogen and oxygen atoms in total. The number of methoxy groups -OCH3 is 1. The Balaban J connectivity index is 1.80. The highest BCUT2D eigenvalue weighted by atomic mass is 35.5. The summed E-state index contributed by atoms with van der Waals surface area (Å²) in [6.07, 6.45) is 3.35. The topological polar surface area (TPSA) is 79.0 Å². The highest BCUT2D eigenvalue weighted by Crippen LogP contribution is 2.41. The first-order valence-electron chi connectivity index (χ1n) is 9.24. The van der Waals surface area contributed by atoms with Crippen LogP contribution in [0.15, 0.2) is 65.9 Å². The fourth-order valence-electron chi connectivity index (χ4n) is 3.49. The van der Waals surface area contributed by atoms with Gasteiger partial charge < -0.3 is 19.9 Å². The first kappa shape index (κ1) is 20.9. The molecule has 31 heavy (non-hydrogen) atoms. The van der Waals surface area contributed by atoms with Gasteiger partial charge in [0, 0.05) is 11.8 Å². The van der Waals surface area contributed by atoms with Crippen LogP contribution in [0.1, 0.15) is 11.1 Å². The molecule has 1 aliphatic heterocycles. The van der Waals surface area contributed by atoms with Gasteiger partial charge in [-0.15, -0.1) is 0 Å². The number of alkyl halides is 2. The van der Waals surface area contributed by atoms with Crippen molar-refractivity contribution in [1.29, 1.82) is 0 Å². The van der Waals surface area contributed by atoms with Gasteiger partial charge in [0.2, 0.25) is 0 Å². The van der Waals surface area contributed by atoms with Crippen LogP contribution in [0.5, 0.6) is 11.5 Å². The number of nitrogens with zero attached hydrogens (tertiary/aromatic N) is 2. The summed E-state index contributed by atoms with van der Waals surface area (Å²) in [5.74, 6) is 0.508. The van der Waals surface area contributed by atoms with Gasteiger partial charge in [-0.25, -0.2) is 4.99 Å². The van der Waals surface area contributed by atoms with Crippen molar-refractivity contribution in [3.8, 4) is 22.6 Å². The SMILES string of the molecule is COc1cncc(-c2cccc(C3(c4ccc(OC(F)F)c(Cl)c4)COC(N)=N3)c2)c1. The van der Waals surface area contributed by atoms with Gasteiger partial charge in [-0.1, -0.05) is 35.9 Å². The molecule has 0 radical (unpaired) electrons. The second kappa shape index (κ2) is 8.39. The van der Waals surface area contributed by atoms with Gasteiger partial charge in [-0.05, 0) is 41.0 Å². The molecule has 1 atom stereocenters. The highest BCUT2D eigenvalue weighted by molar-refractivity contribution is 6.32. The van der Waals surface area contributed by atoms with E-state index in [1.54, 1.807) is 25.6 Å². The summed E-state index contributed by atoms with van der Waals surface area (Å²) in [5.41, 5.74) is 7.99. The molecule has 0 amide bonds. The Morgan fingerprint density at radius 1 is 1.10 bits per heavy atom. The molecular formula is C22H18ClF2N3O3. The van der Waals surface area contributed by atoms with E-state index in [2.05, 4.69) is 14.7 Å². The lowest BCUT2D eigenvalue weighted by Gasteiger charge is -2.26. The van der Waals surface area contributed by atoms with Crippen LogP contribution in [-0.4, -0.2) is 31.3 Å². The molecule has 0 fully saturated rings. The second-order valence-electron chi connectivity index (χ2n) is 6.82. The lowest BCUT2D eigenvalue weighted by Crippen LogP contribution is -2.27. The van der Waals surface area contributed by atoms with Crippen LogP contribution in [0.2, 0.25) is 5.02 Å². The number of halogens is 3. The zero-order valence-corrected chi connectivity index (χ0v) is 17.1. The van der Waals surface area contributed by atoms with Crippen molar-refractivity contribution in [2.75, 3.05) is 13.7 Å². The predicted molar refractivity (Wildman–Crippen MR) is 113 cm³/mol. The van der Waals surface area contributed by atoms with Crippen LogP contribution < -0.4 is 15.2 Å². The van der Waals surface area contributed by atoms with Crippen molar-refractivity contribution in [1.82, 2.24) is 4.98 Å². The monoisotopic (exact) mass is 445 g/mol. The third-order valence-corrected chi connectivity index (χ3v) is 5.27. The van der Waals surface area contributed by atoms with Gasteiger partial charge in [-0.2, -0.15) is 8.78 Å². The van der Waals surface area contributed by atoms with E-state index in [1.807, 2.05) is 30.3 Å². The number of pyridine rings is 1. The quantitative estimate of drug-likeness (QED) is 0.600. The highest BCUT2D eigenvalue weighted by Gasteiger charge is 2.40. The smallest absolute Gasteiger partial charge is 0.387 e. The molecule has 2 N–H and O–H groups in total. The Morgan fingerprint density at radius 3 is 2.58 bits per heavy atom. The number of aliphatic imine (C=N–C) groups is 1. The summed E-state index contributed by atoms with van der Waals surface area (Å²) in [4.78, 5) is 8.75. The molecule has 0 bridgehead atoms. The maximum Gasteiger partial charge on any atom is 0.387 e. The average molecular weight is 446 g/mol. The van der Waals surface area contributed by atoms with Gasteiger partial charge in [0.05, 0.1) is 18.3 Å². The van der Waals surface area contributed by atoms with Crippen LogP contribution in [-0.2, 0) is 10.3 Å². The van der Waals surface area contributed by atoms with Crippen molar-refractivity contribution < 1.29 is 23.0 Å². The number of benzene rings is 2. The van der Waals surface area contributed by atoms with E-state index in [-0.39, 0.29) is 23.4 Å². The number of nitrogens with two attached hydrogens (primary N) is 1. The van der Waals surface area contributed by atoms with Crippen molar-refractivity contribution in [3.63, 3.8) is 0 Å². The Morgan fingerprint density at radius 2 is 1.90 bits per heavy atom. The van der Waals surface area contributed by atoms with Gasteiger partial charge >= 0.3 is 6.61 Å². The van der Waals surface area contributed by atoms with Crippen molar-refractivity contribution in [2.24, 2.45) is 10.7 Å². The van der Waals surface area contributed by atoms with E-state index < -0.39 is 12.2 Å². The van der Waals surface area contributed by atoms with E-state index in [1.165, 1.54) is 12.1 Å². The molecule has 0 saturated heterocycles. The van der Waals surface area contributed by atoms with Crippen LogP contribution in [0.25, 0.3) is 11.1 Å². The van der Waals surface area contributed by atoms with Gasteiger partial charge in [0.1, 0.15) is 18.1 Å². The summed E-state index contributed by atoms with van der Waals surface area (Å²) < 4.78 is 40.4. The van der Waals surface area contributed by atoms with Crippen molar-refractivity contribution in [3.05, 3.63) is 77.1 Å². The van der Waals surface area contributed by atoms with Crippen LogP contribution >= 0.6 is 11.6 Å². The molecule has 4 rings (SSSR count). The fourth-order valence-corrected chi connectivity index (χ4v) is 3.71. The largest absolute Gasteiger partial charge is 0.495 e. The minimum atomic E-state index is -2.98. The normalized spacial score (nSPS) is 17.9. The number of rotatable bonds is 6. The van der Waals surface area contributed by atoms with Crippen LogP contribution in [0, 0.1) is 0 Å². The lowest BCUT2D eigenvalue weighted by molar-refractivity contribution is -0.0498. The zero-order valence-electron chi connectivity index (χ0n) is 16.4. The number of ether oxygens (including phenoxy) is 3. The molecule has 3 aromatic rings. The summed E-state index contributed by atoms with van der Waals surface area (Å²) in [7, 11) is 1.57. The third-order valence-electron chi connectivity index (χ3n) is 4.98. The summed E-state index contributed by atoms with van der Waals surface area (Å²) in [5, 5.41) is 0.0333. The second-order valence-corrected chi connectivity index (χ2v) is 7.22. The number of hydrogen-bond donors (Lipinski definition) is 1. The Kier molecular flexibility index (Phi) is 5.65. The van der Waals surface area contributed by atoms with Gasteiger partial charge in [-0.3, -0.25) is 4.98 Å². The van der Waals surface area contributed by atoms with Gasteiger partial charge in [0.15, 0.2) is 5.54 Å². The Hall–Kier alpha value is -3.39. The molecule has 9 heteroatoms. The molecule has 0 aliphatic carbocycles. The zero-order chi connectivity index (χ0) is 22.0. The fraction of sp³-hybridized carbons (Fsp3) is 0.182. The minimum absolute atomic E-state index is 0.0254. The molecule has 2 heterocycles. The number of amidine groups is 1. The van der Waals surface area contributed by atoms with E-state index in [4.69, 9.17) is 26.8 Å². The lowest BCUT2D eigenvalue weighted by atomic mass is 9.83. The third kappa shape index (κ3) is 4.11. The van der Waals surface area contributed by atoms with Gasteiger partial charge in [0.25, 0.3) is 6.02 Å². The Bertz CT molecular complexity index is 1140. The van der Waals surface area contributed by atoms with Crippen molar-refractivity contribution in [2.45, 2.75) is 12.2 Å². The number of aromatic nitrogens is 1. The number of hydrogen-bond acceptors (Lipinski definition) is 6. The van der Waals surface area contributed by atoms with E-state index >= 15 is 0 Å².